The number of fused-ring (bicyclic) bond motifs is 1. The molecule has 1 N–H and O–H groups in total. The van der Waals surface area contributed by atoms with Crippen LogP contribution in [-0.4, -0.2) is 30.6 Å². The van der Waals surface area contributed by atoms with Crippen LogP contribution in [-0.2, 0) is 16.0 Å². The molecule has 1 amide bonds. The molecule has 0 unspecified atom stereocenters. The van der Waals surface area contributed by atoms with Crippen LogP contribution in [0.15, 0.2) is 88.1 Å². The van der Waals surface area contributed by atoms with Crippen LogP contribution in [0.2, 0.25) is 0 Å². The van der Waals surface area contributed by atoms with Crippen molar-refractivity contribution in [3.63, 3.8) is 0 Å². The summed E-state index contributed by atoms with van der Waals surface area (Å²) in [5, 5.41) is 3.54. The van der Waals surface area contributed by atoms with Gasteiger partial charge in [0.2, 0.25) is 0 Å². The minimum Gasteiger partial charge on any atom is -0.488 e. The summed E-state index contributed by atoms with van der Waals surface area (Å²) in [6.07, 6.45) is 0.238. The van der Waals surface area contributed by atoms with Gasteiger partial charge >= 0.3 is 11.6 Å². The maximum absolute atomic E-state index is 13.1. The number of carbonyl (C=O) groups excluding carboxylic acids is 2. The monoisotopic (exact) mass is 499 g/mol. The number of esters is 1. The van der Waals surface area contributed by atoms with Gasteiger partial charge in [-0.1, -0.05) is 42.5 Å². The fourth-order valence-corrected chi connectivity index (χ4v) is 3.95. The van der Waals surface area contributed by atoms with Crippen LogP contribution in [0.3, 0.4) is 0 Å². The number of para-hydroxylation sites is 1. The number of benzene rings is 3. The maximum atomic E-state index is 13.1. The van der Waals surface area contributed by atoms with E-state index in [0.717, 1.165) is 10.9 Å². The van der Waals surface area contributed by atoms with Gasteiger partial charge in [0.15, 0.2) is 0 Å². The van der Waals surface area contributed by atoms with Crippen LogP contribution in [0.4, 0.5) is 0 Å². The van der Waals surface area contributed by atoms with E-state index >= 15 is 0 Å². The second-order valence-corrected chi connectivity index (χ2v) is 9.68. The molecular formula is C30H29NO6. The number of methoxy groups -OCH3 is 1. The first-order chi connectivity index (χ1) is 17.6. The minimum absolute atomic E-state index is 0.238. The lowest BCUT2D eigenvalue weighted by Gasteiger charge is -2.21. The smallest absolute Gasteiger partial charge is 0.344 e. The van der Waals surface area contributed by atoms with Gasteiger partial charge in [0.25, 0.3) is 5.91 Å². The third-order valence-electron chi connectivity index (χ3n) is 5.66. The summed E-state index contributed by atoms with van der Waals surface area (Å²) in [7, 11) is 1.28. The van der Waals surface area contributed by atoms with Crippen molar-refractivity contribution < 1.29 is 23.5 Å². The molecule has 4 rings (SSSR count). The molecule has 0 saturated carbocycles. The van der Waals surface area contributed by atoms with Gasteiger partial charge in [-0.2, -0.15) is 0 Å². The molecular weight excluding hydrogens is 470 g/mol. The number of amides is 1. The molecule has 3 aromatic carbocycles. The first-order valence-corrected chi connectivity index (χ1v) is 11.9. The number of rotatable bonds is 7. The predicted molar refractivity (Wildman–Crippen MR) is 142 cm³/mol. The van der Waals surface area contributed by atoms with E-state index in [1.54, 1.807) is 42.5 Å². The molecule has 0 spiro atoms. The number of ether oxygens (including phenoxy) is 2. The Labute approximate surface area is 215 Å². The molecule has 7 heteroatoms. The highest BCUT2D eigenvalue weighted by atomic mass is 16.5. The number of nitrogens with one attached hydrogen (secondary N) is 1. The summed E-state index contributed by atoms with van der Waals surface area (Å²) in [6.45, 7) is 5.89. The van der Waals surface area contributed by atoms with Crippen LogP contribution in [0, 0.1) is 0 Å². The van der Waals surface area contributed by atoms with E-state index in [1.807, 2.05) is 57.2 Å². The Hall–Kier alpha value is -4.39. The molecule has 1 aromatic heterocycles. The average Bonchev–Trinajstić information content (AvgIpc) is 2.87. The minimum atomic E-state index is -0.902. The molecule has 0 radical (unpaired) electrons. The number of carbonyl (C=O) groups is 2. The largest absolute Gasteiger partial charge is 0.488 e. The molecule has 0 bridgehead atoms. The zero-order valence-electron chi connectivity index (χ0n) is 21.2. The van der Waals surface area contributed by atoms with Crippen molar-refractivity contribution in [3.8, 4) is 16.9 Å². The second kappa shape index (κ2) is 10.7. The van der Waals surface area contributed by atoms with Gasteiger partial charge in [0.05, 0.1) is 12.7 Å². The molecule has 190 valence electrons. The van der Waals surface area contributed by atoms with Crippen molar-refractivity contribution in [3.05, 3.63) is 100 Å². The molecule has 0 aliphatic heterocycles. The van der Waals surface area contributed by atoms with E-state index < -0.39 is 23.5 Å². The molecule has 1 atom stereocenters. The first kappa shape index (κ1) is 25.7. The van der Waals surface area contributed by atoms with E-state index in [-0.39, 0.29) is 12.0 Å². The highest BCUT2D eigenvalue weighted by Crippen LogP contribution is 2.23. The Bertz CT molecular complexity index is 1480. The first-order valence-electron chi connectivity index (χ1n) is 11.9. The average molecular weight is 500 g/mol. The Morgan fingerprint density at radius 3 is 2.38 bits per heavy atom. The van der Waals surface area contributed by atoms with E-state index in [2.05, 4.69) is 5.32 Å². The highest BCUT2D eigenvalue weighted by Gasteiger charge is 2.23. The standard InChI is InChI=1S/C30H29NO6/c1-30(2,3)37-23-14-12-19(13-15-23)16-25(29(34)35-4)31-27(32)22-10-7-9-20(17-22)24-18-21-8-5-6-11-26(21)36-28(24)33/h5-15,17-18,25H,16H2,1-4H3,(H,31,32)/t25-/m0/s1. The molecule has 4 aromatic rings. The lowest BCUT2D eigenvalue weighted by molar-refractivity contribution is -0.142. The fourth-order valence-electron chi connectivity index (χ4n) is 3.95. The summed E-state index contributed by atoms with van der Waals surface area (Å²) in [5.74, 6) is -0.310. The zero-order chi connectivity index (χ0) is 26.6. The lowest BCUT2D eigenvalue weighted by atomic mass is 10.0. The summed E-state index contributed by atoms with van der Waals surface area (Å²) >= 11 is 0. The van der Waals surface area contributed by atoms with Crippen LogP contribution in [0.5, 0.6) is 5.75 Å². The van der Waals surface area contributed by atoms with Gasteiger partial charge in [-0.25, -0.2) is 9.59 Å². The van der Waals surface area contributed by atoms with Gasteiger partial charge < -0.3 is 19.2 Å². The van der Waals surface area contributed by atoms with E-state index in [4.69, 9.17) is 13.9 Å². The second-order valence-electron chi connectivity index (χ2n) is 9.68. The summed E-state index contributed by atoms with van der Waals surface area (Å²) in [6, 6.07) is 22.0. The third kappa shape index (κ3) is 6.44. The Morgan fingerprint density at radius 1 is 0.946 bits per heavy atom. The van der Waals surface area contributed by atoms with Crippen molar-refractivity contribution in [1.29, 1.82) is 0 Å². The van der Waals surface area contributed by atoms with Gasteiger partial charge in [0.1, 0.15) is 23.0 Å². The zero-order valence-corrected chi connectivity index (χ0v) is 21.2. The summed E-state index contributed by atoms with van der Waals surface area (Å²) in [5.41, 5.74) is 1.68. The Balaban J connectivity index is 1.54. The quantitative estimate of drug-likeness (QED) is 0.279. The normalized spacial score (nSPS) is 12.1. The Morgan fingerprint density at radius 2 is 1.68 bits per heavy atom. The van der Waals surface area contributed by atoms with Crippen LogP contribution < -0.4 is 15.7 Å². The molecule has 37 heavy (non-hydrogen) atoms. The topological polar surface area (TPSA) is 94.8 Å². The summed E-state index contributed by atoms with van der Waals surface area (Å²) < 4.78 is 16.2. The van der Waals surface area contributed by atoms with Gasteiger partial charge in [-0.05, 0) is 68.3 Å². The van der Waals surface area contributed by atoms with E-state index in [1.165, 1.54) is 7.11 Å². The summed E-state index contributed by atoms with van der Waals surface area (Å²) in [4.78, 5) is 38.2. The van der Waals surface area contributed by atoms with Crippen molar-refractivity contribution in [1.82, 2.24) is 5.32 Å². The van der Waals surface area contributed by atoms with Crippen LogP contribution >= 0.6 is 0 Å². The molecule has 1 heterocycles. The van der Waals surface area contributed by atoms with Gasteiger partial charge in [-0.15, -0.1) is 0 Å². The van der Waals surface area contributed by atoms with Crippen molar-refractivity contribution in [2.75, 3.05) is 7.11 Å². The van der Waals surface area contributed by atoms with Crippen molar-refractivity contribution in [2.45, 2.75) is 38.8 Å². The molecule has 0 aliphatic rings. The maximum Gasteiger partial charge on any atom is 0.344 e. The molecule has 0 fully saturated rings. The number of hydrogen-bond donors (Lipinski definition) is 1. The highest BCUT2D eigenvalue weighted by molar-refractivity contribution is 5.98. The fraction of sp³-hybridized carbons (Fsp3) is 0.233. The van der Waals surface area contributed by atoms with Gasteiger partial charge in [0, 0.05) is 17.4 Å². The lowest BCUT2D eigenvalue weighted by Crippen LogP contribution is -2.43. The predicted octanol–water partition coefficient (Wildman–Crippen LogP) is 5.15. The van der Waals surface area contributed by atoms with E-state index in [0.29, 0.717) is 28.0 Å². The Kier molecular flexibility index (Phi) is 7.43. The van der Waals surface area contributed by atoms with Crippen LogP contribution in [0.1, 0.15) is 36.7 Å². The SMILES string of the molecule is COC(=O)[C@H](Cc1ccc(OC(C)(C)C)cc1)NC(=O)c1cccc(-c2cc3ccccc3oc2=O)c1. The van der Waals surface area contributed by atoms with E-state index in [9.17, 15) is 14.4 Å². The molecule has 0 aliphatic carbocycles. The van der Waals surface area contributed by atoms with Crippen molar-refractivity contribution in [2.24, 2.45) is 0 Å². The number of hydrogen-bond acceptors (Lipinski definition) is 6. The van der Waals surface area contributed by atoms with Gasteiger partial charge in [-0.3, -0.25) is 4.79 Å². The van der Waals surface area contributed by atoms with Crippen LogP contribution in [0.25, 0.3) is 22.1 Å². The third-order valence-corrected chi connectivity index (χ3v) is 5.66. The van der Waals surface area contributed by atoms with Crippen molar-refractivity contribution >= 4 is 22.8 Å². The molecule has 7 nitrogen and oxygen atoms in total. The molecule has 0 saturated heterocycles.